The maximum Gasteiger partial charge on any atom is 0.137 e. The van der Waals surface area contributed by atoms with Gasteiger partial charge in [0.25, 0.3) is 0 Å². The average Bonchev–Trinajstić information content (AvgIpc) is 3.86. The number of nitrogens with two attached hydrogens (primary N) is 1. The molecule has 2 aliphatic heterocycles. The van der Waals surface area contributed by atoms with Crippen molar-refractivity contribution in [3.8, 4) is 39.2 Å². The average molecular weight is 879 g/mol. The zero-order valence-corrected chi connectivity index (χ0v) is 38.3. The molecule has 0 amide bonds. The Morgan fingerprint density at radius 2 is 1.40 bits per heavy atom. The first kappa shape index (κ1) is 39.1. The van der Waals surface area contributed by atoms with E-state index in [-0.39, 0.29) is 6.17 Å². The molecule has 0 fully saturated rings. The molecule has 3 aliphatic carbocycles. The van der Waals surface area contributed by atoms with Crippen molar-refractivity contribution in [3.05, 3.63) is 214 Å². The van der Waals surface area contributed by atoms with Gasteiger partial charge in [-0.2, -0.15) is 0 Å². The van der Waals surface area contributed by atoms with Crippen molar-refractivity contribution in [2.45, 2.75) is 58.2 Å². The van der Waals surface area contributed by atoms with E-state index in [1.807, 2.05) is 18.3 Å². The van der Waals surface area contributed by atoms with Crippen LogP contribution in [0.1, 0.15) is 59.4 Å². The first-order chi connectivity index (χ1) is 33.4. The second kappa shape index (κ2) is 15.0. The number of fused-ring (bicyclic) bond motifs is 13. The number of benzene rings is 6. The van der Waals surface area contributed by atoms with Gasteiger partial charge < -0.3 is 20.9 Å². The second-order valence-corrected chi connectivity index (χ2v) is 19.5. The lowest BCUT2D eigenvalue weighted by atomic mass is 9.81. The highest BCUT2D eigenvalue weighted by Crippen LogP contribution is 2.47. The number of hydrogen-bond acceptors (Lipinski definition) is 4. The molecule has 3 aromatic heterocycles. The monoisotopic (exact) mass is 878 g/mol. The van der Waals surface area contributed by atoms with Crippen LogP contribution in [-0.4, -0.2) is 20.2 Å². The number of hydrogen-bond donors (Lipinski definition) is 3. The highest BCUT2D eigenvalue weighted by atomic mass is 15.2. The molecule has 9 aromatic rings. The number of para-hydroxylation sites is 2. The lowest BCUT2D eigenvalue weighted by Gasteiger charge is -2.32. The van der Waals surface area contributed by atoms with Crippen molar-refractivity contribution in [3.63, 3.8) is 0 Å². The highest BCUT2D eigenvalue weighted by Gasteiger charge is 2.30. The molecule has 2 atom stereocenters. The summed E-state index contributed by atoms with van der Waals surface area (Å²) in [5.74, 6) is 0.987. The molecular formula is C62H50N6. The Labute approximate surface area is 396 Å². The number of aryl methyl sites for hydroxylation is 3. The number of anilines is 2. The van der Waals surface area contributed by atoms with E-state index >= 15 is 0 Å². The lowest BCUT2D eigenvalue weighted by Crippen LogP contribution is -2.25. The summed E-state index contributed by atoms with van der Waals surface area (Å²) in [6.07, 6.45) is 20.9. The standard InChI is InChI=1S/C62H50N6/c1-36-20-22-64-61(24-36)67-57-18-16-39(38-8-7-9-41(26-38)47-10-3-5-12-55(47)63)30-51(57)53-32-42-14-15-43-33-54-52-31-40(44-27-45-29-46(28-44)66-56-13-6-4-11-48(45)56)17-19-58(52)68(62-25-37(2)21-23-65-62)60(54)35-50(43)49(42)34-59(53)67/h3-13,16,18,20-28,30-35,46,61,64,66H,14-15,17,19,29,63H2,1-2H3. The molecule has 2 unspecified atom stereocenters. The van der Waals surface area contributed by atoms with Crippen molar-refractivity contribution in [2.24, 2.45) is 0 Å². The van der Waals surface area contributed by atoms with E-state index in [1.165, 1.54) is 116 Å². The van der Waals surface area contributed by atoms with Crippen LogP contribution < -0.4 is 16.4 Å². The molecule has 6 nitrogen and oxygen atoms in total. The number of nitrogens with zero attached hydrogens (tertiary/aromatic N) is 3. The van der Waals surface area contributed by atoms with Crippen molar-refractivity contribution < 1.29 is 0 Å². The molecule has 6 aromatic carbocycles. The van der Waals surface area contributed by atoms with Gasteiger partial charge in [-0.3, -0.25) is 4.57 Å². The van der Waals surface area contributed by atoms with Crippen LogP contribution in [0.2, 0.25) is 0 Å². The Hall–Kier alpha value is -8.09. The molecule has 0 spiro atoms. The Bertz CT molecular complexity index is 3830. The van der Waals surface area contributed by atoms with Gasteiger partial charge in [0, 0.05) is 62.2 Å². The van der Waals surface area contributed by atoms with E-state index in [1.54, 1.807) is 0 Å². The first-order valence-corrected chi connectivity index (χ1v) is 24.2. The molecule has 4 N–H and O–H groups in total. The van der Waals surface area contributed by atoms with Crippen LogP contribution in [0.25, 0.3) is 83.6 Å². The summed E-state index contributed by atoms with van der Waals surface area (Å²) >= 11 is 0. The van der Waals surface area contributed by atoms with Gasteiger partial charge in [0.1, 0.15) is 12.0 Å². The summed E-state index contributed by atoms with van der Waals surface area (Å²) < 4.78 is 4.99. The van der Waals surface area contributed by atoms with Gasteiger partial charge in [0.05, 0.1) is 16.6 Å². The van der Waals surface area contributed by atoms with Crippen LogP contribution in [0.4, 0.5) is 11.4 Å². The molecule has 6 heteroatoms. The van der Waals surface area contributed by atoms with E-state index in [0.29, 0.717) is 6.04 Å². The van der Waals surface area contributed by atoms with Gasteiger partial charge >= 0.3 is 0 Å². The topological polar surface area (TPSA) is 72.8 Å². The fourth-order valence-corrected chi connectivity index (χ4v) is 12.1. The van der Waals surface area contributed by atoms with Crippen molar-refractivity contribution >= 4 is 55.7 Å². The quantitative estimate of drug-likeness (QED) is 0.151. The number of allylic oxidation sites excluding steroid dienone is 5. The van der Waals surface area contributed by atoms with E-state index in [0.717, 1.165) is 54.7 Å². The van der Waals surface area contributed by atoms with E-state index in [9.17, 15) is 0 Å². The zero-order valence-electron chi connectivity index (χ0n) is 38.3. The SMILES string of the molecule is CC1=CC(n2c3ccc(-c4cccc(-c5ccccc5N)c4)cc3c3cc4c(cc32)-c2cc3c(cc2CC4)c2c(n3-c3cc(C)ccn3)CCC(C3=CC4CC(=C3)c3ccccc3N4)=C2)NC=C1. The molecule has 0 radical (unpaired) electrons. The van der Waals surface area contributed by atoms with Crippen LogP contribution in [0.5, 0.6) is 0 Å². The Morgan fingerprint density at radius 1 is 0.618 bits per heavy atom. The van der Waals surface area contributed by atoms with Gasteiger partial charge in [-0.25, -0.2) is 4.98 Å². The molecule has 0 saturated heterocycles. The van der Waals surface area contributed by atoms with Gasteiger partial charge in [0.15, 0.2) is 0 Å². The smallest absolute Gasteiger partial charge is 0.137 e. The van der Waals surface area contributed by atoms with Gasteiger partial charge in [0.2, 0.25) is 0 Å². The number of aromatic nitrogens is 3. The second-order valence-electron chi connectivity index (χ2n) is 19.5. The summed E-state index contributed by atoms with van der Waals surface area (Å²) in [5, 5.41) is 11.4. The van der Waals surface area contributed by atoms with Crippen LogP contribution in [0.3, 0.4) is 0 Å². The minimum absolute atomic E-state index is 0.0313. The van der Waals surface area contributed by atoms with Crippen LogP contribution in [0.15, 0.2) is 181 Å². The third-order valence-corrected chi connectivity index (χ3v) is 15.3. The van der Waals surface area contributed by atoms with Crippen molar-refractivity contribution in [1.29, 1.82) is 0 Å². The van der Waals surface area contributed by atoms with Gasteiger partial charge in [-0.15, -0.1) is 0 Å². The lowest BCUT2D eigenvalue weighted by molar-refractivity contribution is 0.573. The number of nitrogens with one attached hydrogen (secondary N) is 2. The summed E-state index contributed by atoms with van der Waals surface area (Å²) in [7, 11) is 0. The minimum Gasteiger partial charge on any atom is -0.398 e. The van der Waals surface area contributed by atoms with E-state index in [4.69, 9.17) is 10.7 Å². The summed E-state index contributed by atoms with van der Waals surface area (Å²) in [6, 6.07) is 47.4. The largest absolute Gasteiger partial charge is 0.398 e. The molecule has 14 rings (SSSR count). The molecular weight excluding hydrogens is 829 g/mol. The van der Waals surface area contributed by atoms with Crippen LogP contribution in [0, 0.1) is 6.92 Å². The number of pyridine rings is 1. The Kier molecular flexibility index (Phi) is 8.61. The van der Waals surface area contributed by atoms with E-state index < -0.39 is 0 Å². The minimum atomic E-state index is -0.0313. The first-order valence-electron chi connectivity index (χ1n) is 24.2. The summed E-state index contributed by atoms with van der Waals surface area (Å²) in [4.78, 5) is 5.04. The maximum atomic E-state index is 6.46. The molecule has 2 bridgehead atoms. The molecule has 5 heterocycles. The predicted molar refractivity (Wildman–Crippen MR) is 283 cm³/mol. The predicted octanol–water partition coefficient (Wildman–Crippen LogP) is 14.2. The summed E-state index contributed by atoms with van der Waals surface area (Å²) in [6.45, 7) is 4.36. The Balaban J connectivity index is 0.938. The Morgan fingerprint density at radius 3 is 2.25 bits per heavy atom. The van der Waals surface area contributed by atoms with E-state index in [2.05, 4.69) is 185 Å². The molecule has 0 saturated carbocycles. The third-order valence-electron chi connectivity index (χ3n) is 15.3. The normalized spacial score (nSPS) is 17.9. The number of dihydropyridines is 1. The van der Waals surface area contributed by atoms with Gasteiger partial charge in [-0.1, -0.05) is 72.8 Å². The van der Waals surface area contributed by atoms with Crippen LogP contribution >= 0.6 is 0 Å². The zero-order chi connectivity index (χ0) is 45.2. The molecule has 328 valence electrons. The molecule has 68 heavy (non-hydrogen) atoms. The fraction of sp³-hybridized carbons (Fsp3) is 0.145. The van der Waals surface area contributed by atoms with Crippen LogP contribution in [-0.2, 0) is 19.3 Å². The summed E-state index contributed by atoms with van der Waals surface area (Å²) in [5.41, 5.74) is 32.8. The molecule has 5 aliphatic rings. The van der Waals surface area contributed by atoms with Crippen molar-refractivity contribution in [2.75, 3.05) is 11.1 Å². The number of rotatable bonds is 5. The number of nitrogen functional groups attached to an aromatic ring is 1. The highest BCUT2D eigenvalue weighted by molar-refractivity contribution is 6.11. The van der Waals surface area contributed by atoms with Gasteiger partial charge in [-0.05, 0) is 204 Å². The third kappa shape index (κ3) is 6.13. The fourth-order valence-electron chi connectivity index (χ4n) is 12.1. The maximum absolute atomic E-state index is 6.46. The van der Waals surface area contributed by atoms with Crippen molar-refractivity contribution in [1.82, 2.24) is 19.4 Å².